The van der Waals surface area contributed by atoms with E-state index in [4.69, 9.17) is 0 Å². The number of aromatic amines is 1. The summed E-state index contributed by atoms with van der Waals surface area (Å²) < 4.78 is 0. The van der Waals surface area contributed by atoms with Crippen LogP contribution in [0.3, 0.4) is 0 Å². The quantitative estimate of drug-likeness (QED) is 0.766. The summed E-state index contributed by atoms with van der Waals surface area (Å²) in [6, 6.07) is 8.35. The standard InChI is InChI=1S/C9H11N5S/c1-15-8-4-2-7(3-5-8)6-10-9-11-13-14-12-9/h2-5H,6H2,1H3,(H2,10,11,12,13,14). The Morgan fingerprint density at radius 3 is 2.73 bits per heavy atom. The zero-order valence-electron chi connectivity index (χ0n) is 8.27. The number of aromatic nitrogens is 4. The first-order chi connectivity index (χ1) is 7.38. The smallest absolute Gasteiger partial charge is 0.263 e. The second kappa shape index (κ2) is 4.79. The highest BCUT2D eigenvalue weighted by atomic mass is 32.2. The summed E-state index contributed by atoms with van der Waals surface area (Å²) in [5, 5.41) is 16.5. The van der Waals surface area contributed by atoms with Gasteiger partial charge < -0.3 is 5.32 Å². The third kappa shape index (κ3) is 2.69. The molecule has 0 atom stereocenters. The van der Waals surface area contributed by atoms with Gasteiger partial charge in [-0.15, -0.1) is 16.9 Å². The van der Waals surface area contributed by atoms with Gasteiger partial charge in [0.1, 0.15) is 0 Å². The lowest BCUT2D eigenvalue weighted by Crippen LogP contribution is -2.00. The van der Waals surface area contributed by atoms with Crippen LogP contribution >= 0.6 is 11.8 Å². The average Bonchev–Trinajstić information content (AvgIpc) is 2.80. The third-order valence-electron chi connectivity index (χ3n) is 1.96. The highest BCUT2D eigenvalue weighted by Crippen LogP contribution is 2.15. The van der Waals surface area contributed by atoms with Gasteiger partial charge in [0.15, 0.2) is 0 Å². The summed E-state index contributed by atoms with van der Waals surface area (Å²) >= 11 is 1.73. The molecule has 78 valence electrons. The highest BCUT2D eigenvalue weighted by molar-refractivity contribution is 7.98. The summed E-state index contributed by atoms with van der Waals surface area (Å²) in [6.07, 6.45) is 2.06. The first-order valence-electron chi connectivity index (χ1n) is 4.49. The number of nitrogens with zero attached hydrogens (tertiary/aromatic N) is 3. The van der Waals surface area contributed by atoms with E-state index in [0.29, 0.717) is 12.5 Å². The third-order valence-corrected chi connectivity index (χ3v) is 2.70. The molecule has 0 unspecified atom stereocenters. The number of thioether (sulfide) groups is 1. The minimum absolute atomic E-state index is 0.518. The fourth-order valence-electron chi connectivity index (χ4n) is 1.16. The Morgan fingerprint density at radius 1 is 1.33 bits per heavy atom. The molecule has 0 aliphatic rings. The summed E-state index contributed by atoms with van der Waals surface area (Å²) in [7, 11) is 0. The molecule has 0 aliphatic carbocycles. The van der Waals surface area contributed by atoms with Crippen LogP contribution in [0.5, 0.6) is 0 Å². The van der Waals surface area contributed by atoms with Crippen molar-refractivity contribution in [1.29, 1.82) is 0 Å². The van der Waals surface area contributed by atoms with Crippen molar-refractivity contribution in [3.8, 4) is 0 Å². The molecular formula is C9H11N5S. The van der Waals surface area contributed by atoms with Crippen LogP contribution in [-0.2, 0) is 6.54 Å². The Bertz CT molecular complexity index is 397. The molecule has 2 aromatic rings. The lowest BCUT2D eigenvalue weighted by Gasteiger charge is -2.02. The maximum Gasteiger partial charge on any atom is 0.263 e. The maximum absolute atomic E-state index is 3.80. The maximum atomic E-state index is 3.80. The van der Waals surface area contributed by atoms with Crippen LogP contribution in [0.15, 0.2) is 29.2 Å². The molecule has 0 bridgehead atoms. The van der Waals surface area contributed by atoms with Gasteiger partial charge in [-0.25, -0.2) is 0 Å². The van der Waals surface area contributed by atoms with E-state index in [0.717, 1.165) is 0 Å². The van der Waals surface area contributed by atoms with Crippen molar-refractivity contribution in [3.05, 3.63) is 29.8 Å². The zero-order chi connectivity index (χ0) is 10.5. The molecule has 0 saturated carbocycles. The predicted octanol–water partition coefficient (Wildman–Crippen LogP) is 1.53. The lowest BCUT2D eigenvalue weighted by atomic mass is 10.2. The summed E-state index contributed by atoms with van der Waals surface area (Å²) in [4.78, 5) is 1.26. The Balaban J connectivity index is 1.93. The van der Waals surface area contributed by atoms with Crippen molar-refractivity contribution < 1.29 is 0 Å². The van der Waals surface area contributed by atoms with E-state index in [1.54, 1.807) is 11.8 Å². The van der Waals surface area contributed by atoms with E-state index in [1.807, 2.05) is 0 Å². The van der Waals surface area contributed by atoms with Crippen molar-refractivity contribution in [1.82, 2.24) is 20.6 Å². The fraction of sp³-hybridized carbons (Fsp3) is 0.222. The van der Waals surface area contributed by atoms with Gasteiger partial charge in [-0.05, 0) is 29.2 Å². The average molecular weight is 221 g/mol. The highest BCUT2D eigenvalue weighted by Gasteiger charge is 1.97. The Hall–Kier alpha value is -1.56. The van der Waals surface area contributed by atoms with E-state index in [9.17, 15) is 0 Å². The van der Waals surface area contributed by atoms with Crippen molar-refractivity contribution in [2.24, 2.45) is 0 Å². The zero-order valence-corrected chi connectivity index (χ0v) is 9.08. The van der Waals surface area contributed by atoms with Crippen LogP contribution in [0.4, 0.5) is 5.95 Å². The van der Waals surface area contributed by atoms with Crippen LogP contribution in [0.1, 0.15) is 5.56 Å². The van der Waals surface area contributed by atoms with E-state index in [1.165, 1.54) is 10.5 Å². The van der Waals surface area contributed by atoms with E-state index < -0.39 is 0 Å². The van der Waals surface area contributed by atoms with Gasteiger partial charge in [0.05, 0.1) is 0 Å². The molecule has 0 fully saturated rings. The molecule has 5 nitrogen and oxygen atoms in total. The SMILES string of the molecule is CSc1ccc(CNc2nn[nH]n2)cc1. The second-order valence-corrected chi connectivity index (χ2v) is 3.82. The fourth-order valence-corrected chi connectivity index (χ4v) is 1.57. The molecule has 2 N–H and O–H groups in total. The molecule has 0 radical (unpaired) electrons. The minimum atomic E-state index is 0.518. The molecule has 0 aliphatic heterocycles. The Kier molecular flexibility index (Phi) is 3.18. The first-order valence-corrected chi connectivity index (χ1v) is 5.71. The number of hydrogen-bond donors (Lipinski definition) is 2. The number of benzene rings is 1. The predicted molar refractivity (Wildman–Crippen MR) is 59.7 cm³/mol. The summed E-state index contributed by atoms with van der Waals surface area (Å²) in [5.41, 5.74) is 1.19. The van der Waals surface area contributed by atoms with Gasteiger partial charge in [-0.2, -0.15) is 5.21 Å². The number of nitrogens with one attached hydrogen (secondary N) is 2. The van der Waals surface area contributed by atoms with Crippen LogP contribution in [-0.4, -0.2) is 26.9 Å². The topological polar surface area (TPSA) is 66.5 Å². The molecule has 0 amide bonds. The number of tetrazole rings is 1. The van der Waals surface area contributed by atoms with Gasteiger partial charge in [0.25, 0.3) is 5.95 Å². The largest absolute Gasteiger partial charge is 0.348 e. The molecule has 0 spiro atoms. The number of H-pyrrole nitrogens is 1. The number of hydrogen-bond acceptors (Lipinski definition) is 5. The summed E-state index contributed by atoms with van der Waals surface area (Å²) in [5.74, 6) is 0.518. The first kappa shape index (κ1) is 9.97. The monoisotopic (exact) mass is 221 g/mol. The molecule has 15 heavy (non-hydrogen) atoms. The van der Waals surface area contributed by atoms with Crippen LogP contribution in [0, 0.1) is 0 Å². The summed E-state index contributed by atoms with van der Waals surface area (Å²) in [6.45, 7) is 0.703. The number of rotatable bonds is 4. The van der Waals surface area contributed by atoms with E-state index in [2.05, 4.69) is 56.5 Å². The molecule has 1 heterocycles. The molecule has 1 aromatic heterocycles. The van der Waals surface area contributed by atoms with Crippen molar-refractivity contribution in [2.75, 3.05) is 11.6 Å². The van der Waals surface area contributed by atoms with Gasteiger partial charge in [-0.3, -0.25) is 0 Å². The van der Waals surface area contributed by atoms with Gasteiger partial charge in [0, 0.05) is 11.4 Å². The van der Waals surface area contributed by atoms with Gasteiger partial charge >= 0.3 is 0 Å². The molecule has 1 aromatic carbocycles. The van der Waals surface area contributed by atoms with Crippen molar-refractivity contribution >= 4 is 17.7 Å². The van der Waals surface area contributed by atoms with Crippen molar-refractivity contribution in [2.45, 2.75) is 11.4 Å². The van der Waals surface area contributed by atoms with Gasteiger partial charge in [0.2, 0.25) is 0 Å². The van der Waals surface area contributed by atoms with Crippen LogP contribution in [0.2, 0.25) is 0 Å². The van der Waals surface area contributed by atoms with Crippen LogP contribution < -0.4 is 5.32 Å². The number of anilines is 1. The molecule has 6 heteroatoms. The van der Waals surface area contributed by atoms with Crippen LogP contribution in [0.25, 0.3) is 0 Å². The van der Waals surface area contributed by atoms with E-state index >= 15 is 0 Å². The normalized spacial score (nSPS) is 10.2. The van der Waals surface area contributed by atoms with Crippen molar-refractivity contribution in [3.63, 3.8) is 0 Å². The lowest BCUT2D eigenvalue weighted by molar-refractivity contribution is 0.881. The Labute approximate surface area is 91.7 Å². The second-order valence-electron chi connectivity index (χ2n) is 2.94. The molecule has 2 rings (SSSR count). The molecule has 0 saturated heterocycles. The van der Waals surface area contributed by atoms with Gasteiger partial charge in [-0.1, -0.05) is 17.2 Å². The Morgan fingerprint density at radius 2 is 2.13 bits per heavy atom. The minimum Gasteiger partial charge on any atom is -0.348 e. The van der Waals surface area contributed by atoms with E-state index in [-0.39, 0.29) is 0 Å². The molecular weight excluding hydrogens is 210 g/mol.